The van der Waals surface area contributed by atoms with Crippen molar-refractivity contribution in [3.63, 3.8) is 0 Å². The summed E-state index contributed by atoms with van der Waals surface area (Å²) in [5, 5.41) is 1.03. The number of pyridine rings is 1. The highest BCUT2D eigenvalue weighted by Gasteiger charge is 2.22. The van der Waals surface area contributed by atoms with Gasteiger partial charge in [0, 0.05) is 36.0 Å². The SMILES string of the molecule is CC.CC1COCCN1c1cc(N)nc(-c2cncc3[nH]ccc23)n1.CS. The van der Waals surface area contributed by atoms with E-state index in [1.54, 1.807) is 18.6 Å². The van der Waals surface area contributed by atoms with Crippen molar-refractivity contribution >= 4 is 35.2 Å². The quantitative estimate of drug-likeness (QED) is 0.583. The number of ether oxygens (including phenoxy) is 1. The average Bonchev–Trinajstić information content (AvgIpc) is 3.20. The van der Waals surface area contributed by atoms with Crippen molar-refractivity contribution in [3.8, 4) is 11.4 Å². The Kier molecular flexibility index (Phi) is 7.87. The molecule has 0 radical (unpaired) electrons. The zero-order chi connectivity index (χ0) is 19.8. The monoisotopic (exact) mass is 388 g/mol. The van der Waals surface area contributed by atoms with Crippen LogP contribution in [-0.2, 0) is 4.74 Å². The molecule has 3 N–H and O–H groups in total. The topological polar surface area (TPSA) is 93.0 Å². The summed E-state index contributed by atoms with van der Waals surface area (Å²) in [6, 6.07) is 4.07. The van der Waals surface area contributed by atoms with Gasteiger partial charge in [0.25, 0.3) is 0 Å². The standard InChI is InChI=1S/C16H18N6O.C2H6.CH4S/c1-10-9-23-5-4-22(10)15-6-14(17)20-16(21-15)12-7-18-8-13-11(12)2-3-19-13;2*1-2/h2-3,6-8,10,19H,4-5,9H2,1H3,(H2,17,20,21);1-2H3;2H,1H3. The number of aromatic amines is 1. The van der Waals surface area contributed by atoms with Gasteiger partial charge in [-0.3, -0.25) is 4.98 Å². The van der Waals surface area contributed by atoms with Crippen molar-refractivity contribution < 1.29 is 4.74 Å². The Morgan fingerprint density at radius 2 is 2.04 bits per heavy atom. The number of anilines is 2. The van der Waals surface area contributed by atoms with Crippen LogP contribution < -0.4 is 10.6 Å². The van der Waals surface area contributed by atoms with E-state index >= 15 is 0 Å². The minimum absolute atomic E-state index is 0.257. The van der Waals surface area contributed by atoms with Gasteiger partial charge in [-0.05, 0) is 19.2 Å². The van der Waals surface area contributed by atoms with Gasteiger partial charge in [0.05, 0.1) is 31.0 Å². The van der Waals surface area contributed by atoms with Gasteiger partial charge < -0.3 is 20.4 Å². The number of fused-ring (bicyclic) bond motifs is 1. The molecule has 27 heavy (non-hydrogen) atoms. The van der Waals surface area contributed by atoms with Crippen LogP contribution in [0, 0.1) is 0 Å². The van der Waals surface area contributed by atoms with Crippen molar-refractivity contribution in [1.29, 1.82) is 0 Å². The summed E-state index contributed by atoms with van der Waals surface area (Å²) in [6.07, 6.45) is 7.14. The number of aromatic nitrogens is 4. The maximum Gasteiger partial charge on any atom is 0.166 e. The molecule has 0 aromatic carbocycles. The molecular formula is C19H28N6OS. The van der Waals surface area contributed by atoms with Crippen molar-refractivity contribution in [2.75, 3.05) is 36.6 Å². The van der Waals surface area contributed by atoms with E-state index in [1.165, 1.54) is 0 Å². The molecule has 0 amide bonds. The molecule has 4 heterocycles. The van der Waals surface area contributed by atoms with Crippen molar-refractivity contribution in [1.82, 2.24) is 19.9 Å². The average molecular weight is 389 g/mol. The highest BCUT2D eigenvalue weighted by molar-refractivity contribution is 7.79. The van der Waals surface area contributed by atoms with Crippen LogP contribution in [0.1, 0.15) is 20.8 Å². The van der Waals surface area contributed by atoms with E-state index in [-0.39, 0.29) is 6.04 Å². The third kappa shape index (κ3) is 4.70. The first kappa shape index (κ1) is 21.0. The number of nitrogens with one attached hydrogen (secondary N) is 1. The van der Waals surface area contributed by atoms with Crippen molar-refractivity contribution in [2.24, 2.45) is 0 Å². The molecular weight excluding hydrogens is 360 g/mol. The number of nitrogens with two attached hydrogens (primary N) is 1. The molecule has 8 heteroatoms. The summed E-state index contributed by atoms with van der Waals surface area (Å²) in [5.74, 6) is 1.88. The van der Waals surface area contributed by atoms with E-state index in [1.807, 2.05) is 32.2 Å². The Labute approximate surface area is 165 Å². The summed E-state index contributed by atoms with van der Waals surface area (Å²) in [4.78, 5) is 18.8. The van der Waals surface area contributed by atoms with E-state index in [0.29, 0.717) is 24.9 Å². The molecule has 0 aliphatic carbocycles. The molecule has 1 saturated heterocycles. The van der Waals surface area contributed by atoms with Crippen LogP contribution in [0.2, 0.25) is 0 Å². The molecule has 1 atom stereocenters. The lowest BCUT2D eigenvalue weighted by Crippen LogP contribution is -2.44. The van der Waals surface area contributed by atoms with Gasteiger partial charge in [-0.25, -0.2) is 9.97 Å². The summed E-state index contributed by atoms with van der Waals surface area (Å²) >= 11 is 3.53. The first-order chi connectivity index (χ1) is 13.2. The third-order valence-electron chi connectivity index (χ3n) is 4.11. The number of H-pyrrole nitrogens is 1. The zero-order valence-electron chi connectivity index (χ0n) is 16.3. The lowest BCUT2D eigenvalue weighted by Gasteiger charge is -2.34. The molecule has 0 saturated carbocycles. The number of rotatable bonds is 2. The van der Waals surface area contributed by atoms with Crippen LogP contribution in [0.15, 0.2) is 30.7 Å². The van der Waals surface area contributed by atoms with Crippen LogP contribution in [0.4, 0.5) is 11.6 Å². The van der Waals surface area contributed by atoms with E-state index in [2.05, 4.69) is 39.4 Å². The number of nitrogens with zero attached hydrogens (tertiary/aromatic N) is 4. The minimum atomic E-state index is 0.257. The first-order valence-electron chi connectivity index (χ1n) is 9.07. The van der Waals surface area contributed by atoms with Crippen LogP contribution >= 0.6 is 12.6 Å². The maximum atomic E-state index is 6.03. The highest BCUT2D eigenvalue weighted by atomic mass is 32.1. The van der Waals surface area contributed by atoms with Gasteiger partial charge >= 0.3 is 0 Å². The third-order valence-corrected chi connectivity index (χ3v) is 4.11. The number of nitrogen functional groups attached to an aromatic ring is 1. The van der Waals surface area contributed by atoms with Crippen LogP contribution in [0.5, 0.6) is 0 Å². The molecule has 3 aromatic rings. The molecule has 0 spiro atoms. The minimum Gasteiger partial charge on any atom is -0.384 e. The molecule has 3 aromatic heterocycles. The van der Waals surface area contributed by atoms with E-state index in [4.69, 9.17) is 15.5 Å². The molecule has 1 aliphatic rings. The fourth-order valence-corrected chi connectivity index (χ4v) is 2.95. The summed E-state index contributed by atoms with van der Waals surface area (Å²) in [5.41, 5.74) is 7.86. The summed E-state index contributed by atoms with van der Waals surface area (Å²) in [6.45, 7) is 8.29. The van der Waals surface area contributed by atoms with Gasteiger partial charge in [-0.2, -0.15) is 12.6 Å². The fourth-order valence-electron chi connectivity index (χ4n) is 2.95. The summed E-state index contributed by atoms with van der Waals surface area (Å²) in [7, 11) is 0. The first-order valence-corrected chi connectivity index (χ1v) is 9.97. The van der Waals surface area contributed by atoms with Crippen molar-refractivity contribution in [2.45, 2.75) is 26.8 Å². The number of thiol groups is 1. The number of hydrogen-bond acceptors (Lipinski definition) is 7. The molecule has 1 unspecified atom stereocenters. The second-order valence-electron chi connectivity index (χ2n) is 5.72. The van der Waals surface area contributed by atoms with Gasteiger partial charge in [0.1, 0.15) is 11.6 Å². The van der Waals surface area contributed by atoms with Crippen LogP contribution in [0.3, 0.4) is 0 Å². The maximum absolute atomic E-state index is 6.03. The largest absolute Gasteiger partial charge is 0.384 e. The predicted molar refractivity (Wildman–Crippen MR) is 115 cm³/mol. The normalized spacial score (nSPS) is 16.2. The van der Waals surface area contributed by atoms with Crippen LogP contribution in [-0.4, -0.2) is 52.0 Å². The predicted octanol–water partition coefficient (Wildman–Crippen LogP) is 3.40. The Bertz CT molecular complexity index is 853. The molecule has 146 valence electrons. The summed E-state index contributed by atoms with van der Waals surface area (Å²) < 4.78 is 5.50. The smallest absolute Gasteiger partial charge is 0.166 e. The van der Waals surface area contributed by atoms with E-state index in [9.17, 15) is 0 Å². The van der Waals surface area contributed by atoms with Crippen molar-refractivity contribution in [3.05, 3.63) is 30.7 Å². The van der Waals surface area contributed by atoms with E-state index < -0.39 is 0 Å². The lowest BCUT2D eigenvalue weighted by molar-refractivity contribution is 0.0985. The number of morpholine rings is 1. The van der Waals surface area contributed by atoms with Gasteiger partial charge in [0.2, 0.25) is 0 Å². The lowest BCUT2D eigenvalue weighted by atomic mass is 10.1. The Morgan fingerprint density at radius 3 is 2.78 bits per heavy atom. The molecule has 1 fully saturated rings. The number of hydrogen-bond donors (Lipinski definition) is 3. The molecule has 1 aliphatic heterocycles. The molecule has 0 bridgehead atoms. The Hall–Kier alpha value is -2.32. The second-order valence-corrected chi connectivity index (χ2v) is 5.72. The fraction of sp³-hybridized carbons (Fsp3) is 0.421. The van der Waals surface area contributed by atoms with E-state index in [0.717, 1.165) is 28.8 Å². The van der Waals surface area contributed by atoms with Crippen LogP contribution in [0.25, 0.3) is 22.3 Å². The molecule has 7 nitrogen and oxygen atoms in total. The highest BCUT2D eigenvalue weighted by Crippen LogP contribution is 2.28. The van der Waals surface area contributed by atoms with Gasteiger partial charge in [-0.15, -0.1) is 0 Å². The Balaban J connectivity index is 0.000000614. The van der Waals surface area contributed by atoms with Gasteiger partial charge in [-0.1, -0.05) is 13.8 Å². The second kappa shape index (κ2) is 10.1. The zero-order valence-corrected chi connectivity index (χ0v) is 17.2. The molecule has 4 rings (SSSR count). The Morgan fingerprint density at radius 1 is 1.26 bits per heavy atom. The van der Waals surface area contributed by atoms with Gasteiger partial charge in [0.15, 0.2) is 5.82 Å².